The van der Waals surface area contributed by atoms with Crippen molar-refractivity contribution in [2.24, 2.45) is 0 Å². The molecule has 1 N–H and O–H groups in total. The molecule has 0 atom stereocenters. The number of rotatable bonds is 12. The molecule has 0 aliphatic carbocycles. The van der Waals surface area contributed by atoms with Crippen molar-refractivity contribution in [1.29, 1.82) is 0 Å². The van der Waals surface area contributed by atoms with Gasteiger partial charge in [-0.2, -0.15) is 0 Å². The van der Waals surface area contributed by atoms with Gasteiger partial charge in [0.05, 0.1) is 23.2 Å². The molecule has 2 heterocycles. The molecule has 0 saturated carbocycles. The third-order valence-electron chi connectivity index (χ3n) is 7.47. The van der Waals surface area contributed by atoms with Crippen LogP contribution in [0.4, 0.5) is 4.39 Å². The first-order valence-corrected chi connectivity index (χ1v) is 14.7. The number of unbranched alkanes of at least 4 members (excludes halogenated alkanes) is 1. The van der Waals surface area contributed by atoms with E-state index in [-0.39, 0.29) is 18.6 Å². The molecule has 226 valence electrons. The summed E-state index contributed by atoms with van der Waals surface area (Å²) in [6, 6.07) is 31.1. The lowest BCUT2D eigenvalue weighted by Crippen LogP contribution is -2.24. The monoisotopic (exact) mass is 603 g/mol. The second kappa shape index (κ2) is 13.5. The average Bonchev–Trinajstić information content (AvgIpc) is 3.53. The van der Waals surface area contributed by atoms with E-state index >= 15 is 0 Å². The first-order chi connectivity index (χ1) is 21.9. The van der Waals surface area contributed by atoms with E-state index in [9.17, 15) is 14.0 Å². The number of hydrogen-bond acceptors (Lipinski definition) is 6. The zero-order chi connectivity index (χ0) is 31.2. The largest absolute Gasteiger partial charge is 0.481 e. The van der Waals surface area contributed by atoms with Gasteiger partial charge in [0.1, 0.15) is 23.9 Å². The van der Waals surface area contributed by atoms with E-state index in [4.69, 9.17) is 19.4 Å². The van der Waals surface area contributed by atoms with Crippen LogP contribution in [0, 0.1) is 5.82 Å². The molecule has 0 aliphatic rings. The average molecular weight is 604 g/mol. The van der Waals surface area contributed by atoms with Crippen LogP contribution >= 0.6 is 0 Å². The number of ether oxygens (including phenoxy) is 1. The van der Waals surface area contributed by atoms with Crippen molar-refractivity contribution in [1.82, 2.24) is 14.7 Å². The topological polar surface area (TPSA) is 107 Å². The number of carboxylic acid groups (broad SMARTS) is 1. The van der Waals surface area contributed by atoms with Crippen LogP contribution in [-0.4, -0.2) is 25.8 Å². The molecule has 6 rings (SSSR count). The van der Waals surface area contributed by atoms with E-state index in [0.717, 1.165) is 22.3 Å². The van der Waals surface area contributed by atoms with Crippen molar-refractivity contribution < 1.29 is 23.6 Å². The quantitative estimate of drug-likeness (QED) is 0.146. The third-order valence-corrected chi connectivity index (χ3v) is 7.47. The van der Waals surface area contributed by atoms with Gasteiger partial charge in [-0.15, -0.1) is 0 Å². The predicted octanol–water partition coefficient (Wildman–Crippen LogP) is 7.36. The fraction of sp³-hybridized carbons (Fsp3) is 0.167. The Labute approximate surface area is 258 Å². The fourth-order valence-corrected chi connectivity index (χ4v) is 5.23. The summed E-state index contributed by atoms with van der Waals surface area (Å²) in [5.41, 5.74) is 5.27. The first-order valence-electron chi connectivity index (χ1n) is 14.7. The van der Waals surface area contributed by atoms with Crippen LogP contribution < -0.4 is 5.56 Å². The van der Waals surface area contributed by atoms with E-state index in [1.807, 2.05) is 30.3 Å². The lowest BCUT2D eigenvalue weighted by atomic mass is 10.0. The summed E-state index contributed by atoms with van der Waals surface area (Å²) in [6.45, 7) is 0.642. The summed E-state index contributed by atoms with van der Waals surface area (Å²) in [6.07, 6.45) is 1.36. The van der Waals surface area contributed by atoms with E-state index in [1.54, 1.807) is 24.3 Å². The predicted molar refractivity (Wildman–Crippen MR) is 168 cm³/mol. The summed E-state index contributed by atoms with van der Waals surface area (Å²) in [5, 5.41) is 13.6. The third kappa shape index (κ3) is 7.05. The van der Waals surface area contributed by atoms with Crippen LogP contribution in [0.5, 0.6) is 0 Å². The number of hydrogen-bond donors (Lipinski definition) is 1. The molecular weight excluding hydrogens is 573 g/mol. The molecule has 0 aliphatic heterocycles. The van der Waals surface area contributed by atoms with Gasteiger partial charge in [-0.05, 0) is 72.0 Å². The minimum atomic E-state index is -0.878. The summed E-state index contributed by atoms with van der Waals surface area (Å²) in [4.78, 5) is 29.4. The van der Waals surface area contributed by atoms with Crippen LogP contribution in [0.2, 0.25) is 0 Å². The molecule has 4 aromatic carbocycles. The van der Waals surface area contributed by atoms with Gasteiger partial charge in [0, 0.05) is 24.5 Å². The Bertz CT molecular complexity index is 2000. The Balaban J connectivity index is 1.20. The second-order valence-corrected chi connectivity index (χ2v) is 10.7. The highest BCUT2D eigenvalue weighted by Gasteiger charge is 2.16. The zero-order valence-corrected chi connectivity index (χ0v) is 24.4. The Kier molecular flexibility index (Phi) is 8.89. The number of halogens is 1. The van der Waals surface area contributed by atoms with Gasteiger partial charge < -0.3 is 14.4 Å². The van der Waals surface area contributed by atoms with Gasteiger partial charge in [-0.25, -0.2) is 9.37 Å². The maximum atomic E-state index is 13.6. The number of aryl methyl sites for hydroxylation is 1. The van der Waals surface area contributed by atoms with E-state index in [1.165, 1.54) is 28.8 Å². The van der Waals surface area contributed by atoms with Crippen molar-refractivity contribution in [3.05, 3.63) is 136 Å². The normalized spacial score (nSPS) is 11.2. The van der Waals surface area contributed by atoms with Gasteiger partial charge >= 0.3 is 5.97 Å². The van der Waals surface area contributed by atoms with Crippen molar-refractivity contribution in [3.63, 3.8) is 0 Å². The number of nitrogens with zero attached hydrogens (tertiary/aromatic N) is 3. The van der Waals surface area contributed by atoms with Gasteiger partial charge in [0.2, 0.25) is 0 Å². The number of fused-ring (bicyclic) bond motifs is 1. The van der Waals surface area contributed by atoms with Crippen LogP contribution in [-0.2, 0) is 29.2 Å². The number of aliphatic carboxylic acids is 1. The highest BCUT2D eigenvalue weighted by atomic mass is 19.1. The maximum absolute atomic E-state index is 13.6. The molecular formula is C36H30FN3O5. The number of aromatic nitrogens is 3. The van der Waals surface area contributed by atoms with Crippen molar-refractivity contribution in [3.8, 4) is 28.1 Å². The molecule has 2 aromatic heterocycles. The lowest BCUT2D eigenvalue weighted by molar-refractivity contribution is -0.137. The summed E-state index contributed by atoms with van der Waals surface area (Å²) >= 11 is 0. The minimum absolute atomic E-state index is 0.0246. The second-order valence-electron chi connectivity index (χ2n) is 10.7. The lowest BCUT2D eigenvalue weighted by Gasteiger charge is -2.14. The molecule has 0 radical (unpaired) electrons. The van der Waals surface area contributed by atoms with Gasteiger partial charge in [0.25, 0.3) is 5.56 Å². The molecule has 45 heavy (non-hydrogen) atoms. The summed E-state index contributed by atoms with van der Waals surface area (Å²) in [7, 11) is 0. The van der Waals surface area contributed by atoms with Crippen LogP contribution in [0.15, 0.2) is 112 Å². The number of carbonyl (C=O) groups is 1. The van der Waals surface area contributed by atoms with Gasteiger partial charge in [-0.3, -0.25) is 14.2 Å². The summed E-state index contributed by atoms with van der Waals surface area (Å²) in [5.74, 6) is -0.269. The van der Waals surface area contributed by atoms with Crippen LogP contribution in [0.1, 0.15) is 36.4 Å². The number of carboxylic acids is 1. The molecule has 0 amide bonds. The Morgan fingerprint density at radius 3 is 2.44 bits per heavy atom. The smallest absolute Gasteiger partial charge is 0.303 e. The van der Waals surface area contributed by atoms with Gasteiger partial charge in [-0.1, -0.05) is 59.8 Å². The standard InChI is InChI=1S/C36H30FN3O5/c37-28-14-16-29(17-15-28)40-34(11-4-5-12-35(41)42)38-33-20-27(13-18-31(33)36(40)43)32-21-30(45-39-32)23-44-22-24-7-6-10-26(19-24)25-8-2-1-3-9-25/h1-3,6-10,13-21H,4-5,11-12,22-23H2,(H,41,42). The highest BCUT2D eigenvalue weighted by Crippen LogP contribution is 2.25. The van der Waals surface area contributed by atoms with Gasteiger partial charge in [0.15, 0.2) is 5.76 Å². The zero-order valence-electron chi connectivity index (χ0n) is 24.4. The van der Waals surface area contributed by atoms with E-state index < -0.39 is 11.8 Å². The van der Waals surface area contributed by atoms with E-state index in [2.05, 4.69) is 29.4 Å². The van der Waals surface area contributed by atoms with Crippen molar-refractivity contribution >= 4 is 16.9 Å². The molecule has 9 heteroatoms. The van der Waals surface area contributed by atoms with Crippen molar-refractivity contribution in [2.45, 2.75) is 38.9 Å². The Morgan fingerprint density at radius 1 is 0.844 bits per heavy atom. The molecule has 0 saturated heterocycles. The molecule has 0 bridgehead atoms. The minimum Gasteiger partial charge on any atom is -0.481 e. The maximum Gasteiger partial charge on any atom is 0.303 e. The Hall–Kier alpha value is -5.41. The SMILES string of the molecule is O=C(O)CCCCc1nc2cc(-c3cc(COCc4cccc(-c5ccccc5)c4)on3)ccc2c(=O)n1-c1ccc(F)cc1. The van der Waals surface area contributed by atoms with Crippen LogP contribution in [0.3, 0.4) is 0 Å². The van der Waals surface area contributed by atoms with Crippen molar-refractivity contribution in [2.75, 3.05) is 0 Å². The van der Waals surface area contributed by atoms with Crippen LogP contribution in [0.25, 0.3) is 39.0 Å². The fourth-order valence-electron chi connectivity index (χ4n) is 5.23. The first kappa shape index (κ1) is 29.7. The molecule has 6 aromatic rings. The molecule has 0 spiro atoms. The molecule has 0 fully saturated rings. The van der Waals surface area contributed by atoms with E-state index in [0.29, 0.717) is 59.7 Å². The molecule has 8 nitrogen and oxygen atoms in total. The number of benzene rings is 4. The highest BCUT2D eigenvalue weighted by molar-refractivity contribution is 5.83. The Morgan fingerprint density at radius 2 is 1.64 bits per heavy atom. The summed E-state index contributed by atoms with van der Waals surface area (Å²) < 4.78 is 26.6. The molecule has 0 unspecified atom stereocenters.